The van der Waals surface area contributed by atoms with E-state index >= 15 is 0 Å². The number of anilines is 6. The zero-order chi connectivity index (χ0) is 45.1. The largest absolute Gasteiger partial charge is 0.336 e. The number of halogens is 6. The summed E-state index contributed by atoms with van der Waals surface area (Å²) in [6.07, 6.45) is 0. The summed E-state index contributed by atoms with van der Waals surface area (Å²) in [5.41, 5.74) is 9.28. The first kappa shape index (κ1) is 40.5. The molecule has 0 amide bonds. The zero-order valence-corrected chi connectivity index (χ0v) is 34.9. The summed E-state index contributed by atoms with van der Waals surface area (Å²) >= 11 is 0. The molecule has 0 radical (unpaired) electrons. The second-order valence-corrected chi connectivity index (χ2v) is 16.2. The lowest BCUT2D eigenvalue weighted by Crippen LogP contribution is -2.12. The zero-order valence-electron chi connectivity index (χ0n) is 34.9. The van der Waals surface area contributed by atoms with Crippen LogP contribution in [0.4, 0.5) is 60.5 Å². The van der Waals surface area contributed by atoms with Crippen LogP contribution in [-0.4, -0.2) is 9.13 Å². The van der Waals surface area contributed by atoms with Crippen molar-refractivity contribution in [1.82, 2.24) is 9.13 Å². The molecule has 322 valence electrons. The third-order valence-corrected chi connectivity index (χ3v) is 12.2. The van der Waals surface area contributed by atoms with Gasteiger partial charge in [-0.1, -0.05) is 72.8 Å². The van der Waals surface area contributed by atoms with E-state index in [0.717, 1.165) is 102 Å². The van der Waals surface area contributed by atoms with Crippen molar-refractivity contribution in [2.45, 2.75) is 13.1 Å². The van der Waals surface area contributed by atoms with Gasteiger partial charge in [-0.2, -0.15) is 0 Å². The van der Waals surface area contributed by atoms with Gasteiger partial charge in [0.25, 0.3) is 0 Å². The molecule has 0 bridgehead atoms. The Morgan fingerprint density at radius 1 is 0.288 bits per heavy atom. The van der Waals surface area contributed by atoms with Crippen LogP contribution in [0.5, 0.6) is 0 Å². The predicted molar refractivity (Wildman–Crippen MR) is 253 cm³/mol. The third kappa shape index (κ3) is 7.07. The quantitative estimate of drug-likeness (QED) is 0.101. The fourth-order valence-corrected chi connectivity index (χ4v) is 9.27. The average Bonchev–Trinajstić information content (AvgIpc) is 3.82. The maximum atomic E-state index is 14.5. The lowest BCUT2D eigenvalue weighted by molar-refractivity contribution is 0.445. The van der Waals surface area contributed by atoms with E-state index in [-0.39, 0.29) is 24.2 Å². The maximum Gasteiger partial charge on any atom is 0.194 e. The molecule has 11 aromatic rings. The van der Waals surface area contributed by atoms with E-state index in [1.165, 1.54) is 0 Å². The molecule has 9 aromatic carbocycles. The average molecular weight is 879 g/mol. The molecule has 0 N–H and O–H groups in total. The summed E-state index contributed by atoms with van der Waals surface area (Å²) in [6, 6.07) is 60.5. The number of nitrogens with zero attached hydrogens (tertiary/aromatic N) is 4. The van der Waals surface area contributed by atoms with Crippen LogP contribution in [0.25, 0.3) is 43.6 Å². The first-order chi connectivity index (χ1) is 32.2. The predicted octanol–water partition coefficient (Wildman–Crippen LogP) is 15.8. The van der Waals surface area contributed by atoms with Gasteiger partial charge < -0.3 is 18.9 Å². The summed E-state index contributed by atoms with van der Waals surface area (Å²) < 4.78 is 89.8. The smallest absolute Gasteiger partial charge is 0.194 e. The maximum absolute atomic E-state index is 14.5. The van der Waals surface area contributed by atoms with Gasteiger partial charge in [0.2, 0.25) is 0 Å². The van der Waals surface area contributed by atoms with Gasteiger partial charge in [-0.3, -0.25) is 0 Å². The molecule has 0 saturated carbocycles. The summed E-state index contributed by atoms with van der Waals surface area (Å²) in [4.78, 5) is 4.35. The Labute approximate surface area is 375 Å². The Bertz CT molecular complexity index is 3360. The van der Waals surface area contributed by atoms with E-state index in [2.05, 4.69) is 70.5 Å². The van der Waals surface area contributed by atoms with Crippen molar-refractivity contribution in [2.75, 3.05) is 9.80 Å². The molecular formula is C56H36F6N4. The third-order valence-electron chi connectivity index (χ3n) is 12.2. The van der Waals surface area contributed by atoms with Gasteiger partial charge in [0, 0.05) is 90.8 Å². The van der Waals surface area contributed by atoms with E-state index in [0.29, 0.717) is 0 Å². The number of hydrogen-bond acceptors (Lipinski definition) is 2. The lowest BCUT2D eigenvalue weighted by Gasteiger charge is -2.28. The van der Waals surface area contributed by atoms with Gasteiger partial charge in [0.15, 0.2) is 34.9 Å². The minimum atomic E-state index is -1.51. The van der Waals surface area contributed by atoms with E-state index in [4.69, 9.17) is 0 Å². The minimum Gasteiger partial charge on any atom is -0.336 e. The van der Waals surface area contributed by atoms with Gasteiger partial charge in [0.1, 0.15) is 0 Å². The lowest BCUT2D eigenvalue weighted by atomic mass is 10.1. The van der Waals surface area contributed by atoms with Crippen LogP contribution in [0.15, 0.2) is 194 Å². The first-order valence-electron chi connectivity index (χ1n) is 21.3. The number of benzene rings is 9. The van der Waals surface area contributed by atoms with Crippen LogP contribution in [0.2, 0.25) is 0 Å². The molecule has 0 unspecified atom stereocenters. The molecule has 11 rings (SSSR count). The molecule has 10 heteroatoms. The number of hydrogen-bond donors (Lipinski definition) is 0. The van der Waals surface area contributed by atoms with Crippen LogP contribution in [-0.2, 0) is 13.1 Å². The SMILES string of the molecule is Fc1cc(Cn2c3ccccc3c3cc(N(c4ccc(N(c5ccccc5)c5ccccc5)cc4)c4ccc5c(c4)c4ccccc4n5Cc4cc(F)c(F)c(F)c4)ccc32)cc(F)c1F. The summed E-state index contributed by atoms with van der Waals surface area (Å²) in [5.74, 6) is -8.00. The summed E-state index contributed by atoms with van der Waals surface area (Å²) in [6.45, 7) is 0.194. The molecule has 0 atom stereocenters. The fraction of sp³-hybridized carbons (Fsp3) is 0.0357. The molecule has 2 aromatic heterocycles. The Morgan fingerprint density at radius 2 is 0.591 bits per heavy atom. The van der Waals surface area contributed by atoms with Crippen molar-refractivity contribution in [3.63, 3.8) is 0 Å². The molecule has 66 heavy (non-hydrogen) atoms. The van der Waals surface area contributed by atoms with Crippen LogP contribution >= 0.6 is 0 Å². The number of aromatic nitrogens is 2. The Morgan fingerprint density at radius 3 is 0.985 bits per heavy atom. The van der Waals surface area contributed by atoms with Gasteiger partial charge in [-0.15, -0.1) is 0 Å². The highest BCUT2D eigenvalue weighted by atomic mass is 19.2. The van der Waals surface area contributed by atoms with Crippen molar-refractivity contribution >= 4 is 77.7 Å². The normalized spacial score (nSPS) is 11.6. The molecule has 0 aliphatic heterocycles. The van der Waals surface area contributed by atoms with Crippen molar-refractivity contribution in [1.29, 1.82) is 0 Å². The molecule has 0 aliphatic carbocycles. The summed E-state index contributed by atoms with van der Waals surface area (Å²) in [7, 11) is 0. The Hall–Kier alpha value is -8.24. The Kier molecular flexibility index (Phi) is 10.1. The van der Waals surface area contributed by atoms with Crippen LogP contribution in [0.1, 0.15) is 11.1 Å². The molecular weight excluding hydrogens is 843 g/mol. The second-order valence-electron chi connectivity index (χ2n) is 16.2. The topological polar surface area (TPSA) is 16.3 Å². The highest BCUT2D eigenvalue weighted by Gasteiger charge is 2.22. The molecule has 0 saturated heterocycles. The van der Waals surface area contributed by atoms with Crippen molar-refractivity contribution in [3.8, 4) is 0 Å². The van der Waals surface area contributed by atoms with Crippen LogP contribution < -0.4 is 9.80 Å². The molecule has 2 heterocycles. The highest BCUT2D eigenvalue weighted by molar-refractivity contribution is 6.11. The van der Waals surface area contributed by atoms with E-state index in [1.54, 1.807) is 0 Å². The molecule has 0 aliphatic rings. The van der Waals surface area contributed by atoms with Gasteiger partial charge in [0.05, 0.1) is 0 Å². The number of fused-ring (bicyclic) bond motifs is 6. The van der Waals surface area contributed by atoms with E-state index < -0.39 is 34.9 Å². The van der Waals surface area contributed by atoms with Crippen LogP contribution in [0.3, 0.4) is 0 Å². The fourth-order valence-electron chi connectivity index (χ4n) is 9.27. The number of rotatable bonds is 10. The van der Waals surface area contributed by atoms with Crippen molar-refractivity contribution in [2.24, 2.45) is 0 Å². The molecule has 4 nitrogen and oxygen atoms in total. The van der Waals surface area contributed by atoms with Gasteiger partial charge in [-0.25, -0.2) is 26.3 Å². The van der Waals surface area contributed by atoms with Gasteiger partial charge >= 0.3 is 0 Å². The van der Waals surface area contributed by atoms with E-state index in [9.17, 15) is 26.3 Å². The summed E-state index contributed by atoms with van der Waals surface area (Å²) in [5, 5.41) is 3.62. The molecule has 0 spiro atoms. The first-order valence-corrected chi connectivity index (χ1v) is 21.3. The minimum absolute atomic E-state index is 0.0971. The highest BCUT2D eigenvalue weighted by Crippen LogP contribution is 2.43. The monoisotopic (exact) mass is 878 g/mol. The standard InChI is InChI=1S/C56H36F6N4/c57-47-27-35(28-48(58)55(47)61)33-63-51-17-9-7-15-43(51)45-31-41(23-25-53(45)63)66(40-21-19-39(20-22-40)65(37-11-3-1-4-12-37)38-13-5-2-6-14-38)42-24-26-54-46(32-42)44-16-8-10-18-52(44)64(54)34-36-29-49(59)56(62)50(60)30-36/h1-32H,33-34H2. The van der Waals surface area contributed by atoms with Crippen molar-refractivity contribution < 1.29 is 26.3 Å². The van der Waals surface area contributed by atoms with Crippen LogP contribution in [0, 0.1) is 34.9 Å². The second kappa shape index (κ2) is 16.4. The van der Waals surface area contributed by atoms with Gasteiger partial charge in [-0.05, 0) is 132 Å². The molecule has 0 fully saturated rings. The van der Waals surface area contributed by atoms with Crippen molar-refractivity contribution in [3.05, 3.63) is 240 Å². The number of para-hydroxylation sites is 4. The van der Waals surface area contributed by atoms with E-state index in [1.807, 2.05) is 118 Å². The Balaban J connectivity index is 1.08.